The highest BCUT2D eigenvalue weighted by atomic mass is 16.5. The molecule has 0 bridgehead atoms. The van der Waals surface area contributed by atoms with Crippen molar-refractivity contribution in [1.29, 1.82) is 0 Å². The van der Waals surface area contributed by atoms with Crippen LogP contribution in [-0.2, 0) is 29.4 Å². The Labute approximate surface area is 297 Å². The molecule has 0 unspecified atom stereocenters. The number of carbonyl (C=O) groups is 1. The molecule has 266 valence electrons. The van der Waals surface area contributed by atoms with Crippen molar-refractivity contribution in [2.75, 3.05) is 46.1 Å². The molecule has 0 saturated carbocycles. The van der Waals surface area contributed by atoms with Gasteiger partial charge < -0.3 is 24.6 Å². The van der Waals surface area contributed by atoms with Gasteiger partial charge in [-0.05, 0) is 95.5 Å². The predicted molar refractivity (Wildman–Crippen MR) is 191 cm³/mol. The van der Waals surface area contributed by atoms with Gasteiger partial charge in [0.2, 0.25) is 5.88 Å². The number of hydrogen-bond donors (Lipinski definition) is 1. The van der Waals surface area contributed by atoms with E-state index in [1.807, 2.05) is 29.4 Å². The van der Waals surface area contributed by atoms with Crippen LogP contribution in [0.5, 0.6) is 5.88 Å². The second-order valence-electron chi connectivity index (χ2n) is 14.9. The molecule has 9 rings (SSSR count). The number of rotatable bonds is 7. The van der Waals surface area contributed by atoms with E-state index in [1.165, 1.54) is 11.1 Å². The van der Waals surface area contributed by atoms with Gasteiger partial charge in [-0.25, -0.2) is 9.67 Å². The lowest BCUT2D eigenvalue weighted by molar-refractivity contribution is 0.0629. The number of fused-ring (bicyclic) bond motifs is 5. The third-order valence-corrected chi connectivity index (χ3v) is 12.0. The quantitative estimate of drug-likeness (QED) is 0.221. The van der Waals surface area contributed by atoms with E-state index in [-0.39, 0.29) is 29.5 Å². The maximum atomic E-state index is 13.6. The number of aliphatic imine (C=N–C) groups is 1. The SMILES string of the molecule is CN=Cc1c(N)ccc2c1[C@]1(CCCc3c(-c4nc(O[C@@H](C)[C@@H]5CCCN5C)cc(-n5cc6c(n5)C(=O)N([C@@H]5CCOC5)CC6)n4)noc31)CC2. The highest BCUT2D eigenvalue weighted by molar-refractivity contribution is 5.95. The molecule has 6 heterocycles. The molecule has 51 heavy (non-hydrogen) atoms. The molecule has 13 heteroatoms. The fraction of sp³-hybridized carbons (Fsp3) is 0.526. The van der Waals surface area contributed by atoms with E-state index < -0.39 is 0 Å². The van der Waals surface area contributed by atoms with Crippen LogP contribution in [0.3, 0.4) is 0 Å². The molecule has 4 aromatic rings. The van der Waals surface area contributed by atoms with Gasteiger partial charge in [0.1, 0.15) is 6.10 Å². The molecule has 4 atom stereocenters. The van der Waals surface area contributed by atoms with Crippen molar-refractivity contribution >= 4 is 17.8 Å². The Morgan fingerprint density at radius 3 is 2.80 bits per heavy atom. The van der Waals surface area contributed by atoms with Crippen LogP contribution >= 0.6 is 0 Å². The van der Waals surface area contributed by atoms with E-state index in [2.05, 4.69) is 29.9 Å². The predicted octanol–water partition coefficient (Wildman–Crippen LogP) is 4.17. The summed E-state index contributed by atoms with van der Waals surface area (Å²) in [5, 5.41) is 9.53. The fourth-order valence-electron chi connectivity index (χ4n) is 9.43. The summed E-state index contributed by atoms with van der Waals surface area (Å²) in [4.78, 5) is 32.3. The Hall–Kier alpha value is -4.62. The van der Waals surface area contributed by atoms with E-state index in [0.29, 0.717) is 54.4 Å². The van der Waals surface area contributed by atoms with Gasteiger partial charge >= 0.3 is 0 Å². The number of anilines is 1. The number of benzene rings is 1. The van der Waals surface area contributed by atoms with Gasteiger partial charge in [-0.1, -0.05) is 11.2 Å². The van der Waals surface area contributed by atoms with E-state index in [9.17, 15) is 4.79 Å². The molecule has 3 aliphatic heterocycles. The third kappa shape index (κ3) is 5.26. The zero-order chi connectivity index (χ0) is 34.9. The van der Waals surface area contributed by atoms with Gasteiger partial charge in [0.15, 0.2) is 28.8 Å². The molecule has 3 aromatic heterocycles. The Balaban J connectivity index is 1.13. The first-order chi connectivity index (χ1) is 24.8. The molecule has 13 nitrogen and oxygen atoms in total. The first kappa shape index (κ1) is 32.3. The van der Waals surface area contributed by atoms with Crippen LogP contribution in [0.1, 0.15) is 89.5 Å². The van der Waals surface area contributed by atoms with Crippen molar-refractivity contribution in [2.45, 2.75) is 88.3 Å². The standard InChI is InChI=1S/C38H45N9O4/c1-22(29-7-5-15-45(29)3)50-31-18-30(47-20-24-11-16-46(25-12-17-49-21-25)37(48)33(24)43-47)41-36(42-31)34-26-6-4-13-38(35(26)51-44-34)14-10-23-8-9-28(39)27(19-40-2)32(23)38/h8-9,18-20,22,25,29H,4-7,10-17,21,39H2,1-3H3/t22-,25+,29-,38-/m0/s1. The Bertz CT molecular complexity index is 2030. The molecule has 2 fully saturated rings. The zero-order valence-corrected chi connectivity index (χ0v) is 29.6. The second-order valence-corrected chi connectivity index (χ2v) is 14.9. The third-order valence-electron chi connectivity index (χ3n) is 12.0. The summed E-state index contributed by atoms with van der Waals surface area (Å²) in [6.45, 7) is 5.04. The normalized spacial score (nSPS) is 25.2. The van der Waals surface area contributed by atoms with Gasteiger partial charge in [-0.3, -0.25) is 14.7 Å². The summed E-state index contributed by atoms with van der Waals surface area (Å²) in [7, 11) is 3.92. The summed E-state index contributed by atoms with van der Waals surface area (Å²) >= 11 is 0. The molecule has 1 amide bonds. The summed E-state index contributed by atoms with van der Waals surface area (Å²) in [6.07, 6.45) is 12.0. The molecular formula is C38H45N9O4. The molecule has 2 N–H and O–H groups in total. The van der Waals surface area contributed by atoms with Crippen LogP contribution in [0, 0.1) is 0 Å². The number of amides is 1. The van der Waals surface area contributed by atoms with Crippen molar-refractivity contribution in [2.24, 2.45) is 4.99 Å². The number of carbonyl (C=O) groups excluding carboxylic acids is 1. The second kappa shape index (κ2) is 12.6. The average Bonchev–Trinajstić information content (AvgIpc) is 3.97. The minimum absolute atomic E-state index is 0.0602. The van der Waals surface area contributed by atoms with Crippen molar-refractivity contribution in [3.63, 3.8) is 0 Å². The Kier molecular flexibility index (Phi) is 7.95. The minimum atomic E-state index is -0.351. The van der Waals surface area contributed by atoms with Crippen LogP contribution in [0.2, 0.25) is 0 Å². The van der Waals surface area contributed by atoms with E-state index in [4.69, 9.17) is 40.0 Å². The molecule has 2 aliphatic carbocycles. The number of ether oxygens (including phenoxy) is 2. The first-order valence-electron chi connectivity index (χ1n) is 18.4. The molecule has 5 aliphatic rings. The first-order valence-corrected chi connectivity index (χ1v) is 18.4. The van der Waals surface area contributed by atoms with E-state index in [0.717, 1.165) is 86.8 Å². The molecular weight excluding hydrogens is 646 g/mol. The summed E-state index contributed by atoms with van der Waals surface area (Å²) in [5.41, 5.74) is 13.4. The maximum absolute atomic E-state index is 13.6. The average molecular weight is 692 g/mol. The summed E-state index contributed by atoms with van der Waals surface area (Å²) in [6, 6.07) is 6.32. The number of aromatic nitrogens is 5. The lowest BCUT2D eigenvalue weighted by atomic mass is 9.68. The monoisotopic (exact) mass is 691 g/mol. The Morgan fingerprint density at radius 2 is 2.00 bits per heavy atom. The smallest absolute Gasteiger partial charge is 0.274 e. The van der Waals surface area contributed by atoms with Crippen LogP contribution in [0.25, 0.3) is 17.3 Å². The van der Waals surface area contributed by atoms with Crippen molar-refractivity contribution in [3.05, 3.63) is 63.7 Å². The fourth-order valence-corrected chi connectivity index (χ4v) is 9.43. The largest absolute Gasteiger partial charge is 0.473 e. The number of likely N-dealkylation sites (N-methyl/N-ethyl adjacent to an activating group) is 1. The summed E-state index contributed by atoms with van der Waals surface area (Å²) < 4.78 is 20.3. The van der Waals surface area contributed by atoms with Crippen molar-refractivity contribution in [1.82, 2.24) is 34.7 Å². The van der Waals surface area contributed by atoms with E-state index in [1.54, 1.807) is 11.7 Å². The van der Waals surface area contributed by atoms with Crippen LogP contribution in [0.15, 0.2) is 33.9 Å². The number of hydrogen-bond acceptors (Lipinski definition) is 11. The van der Waals surface area contributed by atoms with Gasteiger partial charge in [0.25, 0.3) is 5.91 Å². The van der Waals surface area contributed by atoms with Crippen molar-refractivity contribution < 1.29 is 18.8 Å². The number of nitrogen functional groups attached to an aromatic ring is 1. The van der Waals surface area contributed by atoms with Gasteiger partial charge in [-0.2, -0.15) is 10.1 Å². The molecule has 2 saturated heterocycles. The number of likely N-dealkylation sites (tertiary alicyclic amines) is 1. The van der Waals surface area contributed by atoms with Gasteiger partial charge in [0, 0.05) is 67.1 Å². The highest BCUT2D eigenvalue weighted by Gasteiger charge is 2.49. The molecule has 1 spiro atoms. The minimum Gasteiger partial charge on any atom is -0.473 e. The van der Waals surface area contributed by atoms with Crippen molar-refractivity contribution in [3.8, 4) is 23.2 Å². The van der Waals surface area contributed by atoms with Crippen LogP contribution in [-0.4, -0.2) is 105 Å². The van der Waals surface area contributed by atoms with Gasteiger partial charge in [0.05, 0.1) is 18.1 Å². The Morgan fingerprint density at radius 1 is 1.10 bits per heavy atom. The maximum Gasteiger partial charge on any atom is 0.274 e. The van der Waals surface area contributed by atoms with Crippen LogP contribution < -0.4 is 10.5 Å². The summed E-state index contributed by atoms with van der Waals surface area (Å²) in [5.74, 6) is 2.18. The lowest BCUT2D eigenvalue weighted by Gasteiger charge is -2.33. The van der Waals surface area contributed by atoms with E-state index >= 15 is 0 Å². The number of nitrogens with two attached hydrogens (primary N) is 1. The van der Waals surface area contributed by atoms with Gasteiger partial charge in [-0.15, -0.1) is 0 Å². The topological polar surface area (TPSA) is 150 Å². The molecule has 0 radical (unpaired) electrons. The zero-order valence-electron chi connectivity index (χ0n) is 29.6. The van der Waals surface area contributed by atoms with Crippen LogP contribution in [0.4, 0.5) is 5.69 Å². The number of nitrogens with zero attached hydrogens (tertiary/aromatic N) is 8. The lowest BCUT2D eigenvalue weighted by Crippen LogP contribution is -2.45. The molecule has 1 aromatic carbocycles. The number of aryl methyl sites for hydroxylation is 1. The highest BCUT2D eigenvalue weighted by Crippen LogP contribution is 2.54.